The van der Waals surface area contributed by atoms with Crippen molar-refractivity contribution in [3.05, 3.63) is 58.9 Å². The number of aromatic nitrogens is 1. The number of halogens is 1. The van der Waals surface area contributed by atoms with Crippen molar-refractivity contribution in [3.63, 3.8) is 0 Å². The molecule has 1 aliphatic heterocycles. The van der Waals surface area contributed by atoms with Crippen molar-refractivity contribution >= 4 is 27.5 Å². The quantitative estimate of drug-likeness (QED) is 0.615. The Balaban J connectivity index is 1.73. The highest BCUT2D eigenvalue weighted by atomic mass is 32.1. The Hall–Kier alpha value is -2.14. The van der Waals surface area contributed by atoms with Crippen LogP contribution in [0.1, 0.15) is 49.2 Å². The maximum absolute atomic E-state index is 13.4. The Kier molecular flexibility index (Phi) is 4.57. The summed E-state index contributed by atoms with van der Waals surface area (Å²) in [4.78, 5) is 15.4. The minimum absolute atomic E-state index is 0.107. The molecule has 1 aromatic carbocycles. The number of rotatable bonds is 3. The number of carbonyl (C=O) groups is 1. The van der Waals surface area contributed by atoms with Crippen LogP contribution in [0.5, 0.6) is 0 Å². The maximum Gasteiger partial charge on any atom is 0.271 e. The zero-order chi connectivity index (χ0) is 18.3. The number of amides is 1. The number of carbonyl (C=O) groups excluding carboxylic acids is 1. The molecular weight excluding hydrogens is 347 g/mol. The van der Waals surface area contributed by atoms with Crippen molar-refractivity contribution < 1.29 is 9.18 Å². The van der Waals surface area contributed by atoms with E-state index < -0.39 is 0 Å². The highest BCUT2D eigenvalue weighted by Gasteiger charge is 2.31. The van der Waals surface area contributed by atoms with Crippen molar-refractivity contribution in [1.29, 1.82) is 0 Å². The summed E-state index contributed by atoms with van der Waals surface area (Å²) in [7, 11) is 0. The molecule has 0 spiro atoms. The minimum atomic E-state index is -0.241. The number of likely N-dealkylation sites (tertiary alicyclic amines) is 1. The van der Waals surface area contributed by atoms with Gasteiger partial charge in [0.25, 0.3) is 5.91 Å². The second kappa shape index (κ2) is 6.88. The molecule has 3 aromatic rings. The smallest absolute Gasteiger partial charge is 0.271 e. The first-order valence-electron chi connectivity index (χ1n) is 9.18. The Bertz CT molecular complexity index is 917. The van der Waals surface area contributed by atoms with Crippen molar-refractivity contribution in [2.45, 2.75) is 51.7 Å². The molecule has 0 saturated carbocycles. The van der Waals surface area contributed by atoms with Gasteiger partial charge in [0.15, 0.2) is 0 Å². The van der Waals surface area contributed by atoms with Crippen LogP contribution in [-0.4, -0.2) is 27.5 Å². The van der Waals surface area contributed by atoms with E-state index in [0.717, 1.165) is 34.3 Å². The molecule has 1 fully saturated rings. The fraction of sp³-hybridized carbons (Fsp3) is 0.381. The minimum Gasteiger partial charge on any atom is -0.332 e. The van der Waals surface area contributed by atoms with E-state index in [9.17, 15) is 9.18 Å². The normalized spacial score (nSPS) is 20.7. The van der Waals surface area contributed by atoms with E-state index in [2.05, 4.69) is 24.5 Å². The Morgan fingerprint density at radius 2 is 1.85 bits per heavy atom. The number of nitrogens with zero attached hydrogens (tertiary/aromatic N) is 2. The summed E-state index contributed by atoms with van der Waals surface area (Å²) in [6, 6.07) is 11.1. The van der Waals surface area contributed by atoms with E-state index in [4.69, 9.17) is 0 Å². The van der Waals surface area contributed by atoms with Gasteiger partial charge in [0.05, 0.1) is 10.2 Å². The van der Waals surface area contributed by atoms with Crippen LogP contribution in [0.15, 0.2) is 41.8 Å². The van der Waals surface area contributed by atoms with Gasteiger partial charge in [0.2, 0.25) is 0 Å². The summed E-state index contributed by atoms with van der Waals surface area (Å²) in [5.74, 6) is -0.135. The van der Waals surface area contributed by atoms with Gasteiger partial charge in [0, 0.05) is 18.6 Å². The molecule has 1 amide bonds. The SMILES string of the molecule is C[C@@H]1CCC[C@H](C)N1C(=O)c1cc2sccc2n1Cc1ccc(F)cc1. The molecule has 0 N–H and O–H groups in total. The summed E-state index contributed by atoms with van der Waals surface area (Å²) in [5, 5.41) is 2.05. The van der Waals surface area contributed by atoms with Gasteiger partial charge in [0.1, 0.15) is 11.5 Å². The molecule has 26 heavy (non-hydrogen) atoms. The predicted molar refractivity (Wildman–Crippen MR) is 104 cm³/mol. The summed E-state index contributed by atoms with van der Waals surface area (Å²) < 4.78 is 16.4. The van der Waals surface area contributed by atoms with Gasteiger partial charge in [-0.05, 0) is 68.3 Å². The zero-order valence-electron chi connectivity index (χ0n) is 15.1. The third-order valence-corrected chi connectivity index (χ3v) is 6.28. The molecule has 3 nitrogen and oxygen atoms in total. The van der Waals surface area contributed by atoms with E-state index in [1.54, 1.807) is 23.5 Å². The molecule has 136 valence electrons. The topological polar surface area (TPSA) is 25.2 Å². The van der Waals surface area contributed by atoms with Crippen LogP contribution >= 0.6 is 11.3 Å². The van der Waals surface area contributed by atoms with Gasteiger partial charge in [-0.3, -0.25) is 4.79 Å². The molecule has 0 radical (unpaired) electrons. The second-order valence-electron chi connectivity index (χ2n) is 7.25. The van der Waals surface area contributed by atoms with Crippen molar-refractivity contribution in [2.24, 2.45) is 0 Å². The summed E-state index contributed by atoms with van der Waals surface area (Å²) in [6.07, 6.45) is 3.30. The van der Waals surface area contributed by atoms with E-state index in [0.29, 0.717) is 6.54 Å². The van der Waals surface area contributed by atoms with Crippen molar-refractivity contribution in [1.82, 2.24) is 9.47 Å². The predicted octanol–water partition coefficient (Wildman–Crippen LogP) is 5.29. The van der Waals surface area contributed by atoms with Crippen molar-refractivity contribution in [2.75, 3.05) is 0 Å². The molecule has 4 rings (SSSR count). The fourth-order valence-electron chi connectivity index (χ4n) is 4.05. The number of thiophene rings is 1. The first-order valence-corrected chi connectivity index (χ1v) is 10.1. The highest BCUT2D eigenvalue weighted by molar-refractivity contribution is 7.17. The molecule has 0 unspecified atom stereocenters. The molecule has 2 aromatic heterocycles. The lowest BCUT2D eigenvalue weighted by molar-refractivity contribution is 0.0500. The molecular formula is C21H23FN2OS. The van der Waals surface area contributed by atoms with Crippen LogP contribution in [0, 0.1) is 5.82 Å². The van der Waals surface area contributed by atoms with Crippen LogP contribution < -0.4 is 0 Å². The first-order chi connectivity index (χ1) is 12.5. The van der Waals surface area contributed by atoms with E-state index >= 15 is 0 Å². The van der Waals surface area contributed by atoms with Crippen LogP contribution in [0.3, 0.4) is 0 Å². The number of hydrogen-bond donors (Lipinski definition) is 0. The lowest BCUT2D eigenvalue weighted by atomic mass is 9.97. The fourth-order valence-corrected chi connectivity index (χ4v) is 4.87. The molecule has 2 atom stereocenters. The largest absolute Gasteiger partial charge is 0.332 e. The molecule has 0 aliphatic carbocycles. The van der Waals surface area contributed by atoms with Crippen LogP contribution in [0.25, 0.3) is 10.2 Å². The number of hydrogen-bond acceptors (Lipinski definition) is 2. The van der Waals surface area contributed by atoms with Crippen molar-refractivity contribution in [3.8, 4) is 0 Å². The highest BCUT2D eigenvalue weighted by Crippen LogP contribution is 2.30. The first kappa shape index (κ1) is 17.3. The lowest BCUT2D eigenvalue weighted by Gasteiger charge is -2.39. The lowest BCUT2D eigenvalue weighted by Crippen LogP contribution is -2.48. The molecule has 1 aliphatic rings. The summed E-state index contributed by atoms with van der Waals surface area (Å²) in [5.41, 5.74) is 2.79. The van der Waals surface area contributed by atoms with Crippen LogP contribution in [-0.2, 0) is 6.54 Å². The molecule has 1 saturated heterocycles. The van der Waals surface area contributed by atoms with Gasteiger partial charge in [-0.25, -0.2) is 4.39 Å². The Labute approximate surface area is 157 Å². The van der Waals surface area contributed by atoms with E-state index in [-0.39, 0.29) is 23.8 Å². The van der Waals surface area contributed by atoms with E-state index in [1.807, 2.05) is 16.3 Å². The summed E-state index contributed by atoms with van der Waals surface area (Å²) in [6.45, 7) is 4.85. The van der Waals surface area contributed by atoms with Gasteiger partial charge < -0.3 is 9.47 Å². The maximum atomic E-state index is 13.4. The summed E-state index contributed by atoms with van der Waals surface area (Å²) >= 11 is 1.65. The van der Waals surface area contributed by atoms with Crippen LogP contribution in [0.4, 0.5) is 4.39 Å². The number of fused-ring (bicyclic) bond motifs is 1. The molecule has 3 heterocycles. The van der Waals surface area contributed by atoms with Gasteiger partial charge in [-0.2, -0.15) is 0 Å². The average molecular weight is 370 g/mol. The van der Waals surface area contributed by atoms with Gasteiger partial charge in [-0.1, -0.05) is 12.1 Å². The monoisotopic (exact) mass is 370 g/mol. The Morgan fingerprint density at radius 3 is 2.54 bits per heavy atom. The van der Waals surface area contributed by atoms with Gasteiger partial charge >= 0.3 is 0 Å². The average Bonchev–Trinajstić information content (AvgIpc) is 3.19. The standard InChI is InChI=1S/C21H23FN2OS/c1-14-4-3-5-15(2)24(14)21(25)19-12-20-18(10-11-26-20)23(19)13-16-6-8-17(22)9-7-16/h6-12,14-15H,3-5,13H2,1-2H3/t14-,15+. The number of benzene rings is 1. The van der Waals surface area contributed by atoms with E-state index in [1.165, 1.54) is 18.6 Å². The third-order valence-electron chi connectivity index (χ3n) is 5.42. The zero-order valence-corrected chi connectivity index (χ0v) is 15.9. The second-order valence-corrected chi connectivity index (χ2v) is 8.20. The molecule has 5 heteroatoms. The number of piperidine rings is 1. The van der Waals surface area contributed by atoms with Crippen LogP contribution in [0.2, 0.25) is 0 Å². The van der Waals surface area contributed by atoms with Gasteiger partial charge in [-0.15, -0.1) is 11.3 Å². The third kappa shape index (κ3) is 3.05. The molecule has 0 bridgehead atoms. The Morgan fingerprint density at radius 1 is 1.15 bits per heavy atom.